The summed E-state index contributed by atoms with van der Waals surface area (Å²) in [7, 11) is 0. The van der Waals surface area contributed by atoms with Gasteiger partial charge < -0.3 is 10.1 Å². The number of hydrogen-bond acceptors (Lipinski definition) is 5. The van der Waals surface area contributed by atoms with Crippen LogP contribution in [0, 0.1) is 10.1 Å². The van der Waals surface area contributed by atoms with E-state index in [1.165, 1.54) is 25.0 Å². The third-order valence-corrected chi connectivity index (χ3v) is 4.70. The molecule has 0 bridgehead atoms. The number of nitro groups is 1. The van der Waals surface area contributed by atoms with Crippen molar-refractivity contribution >= 4 is 17.4 Å². The van der Waals surface area contributed by atoms with Crippen LogP contribution in [0.25, 0.3) is 0 Å². The summed E-state index contributed by atoms with van der Waals surface area (Å²) >= 11 is 1.93. The normalized spacial score (nSPS) is 16.1. The van der Waals surface area contributed by atoms with Crippen LogP contribution in [0.4, 0.5) is 5.69 Å². The Balaban J connectivity index is 1.64. The summed E-state index contributed by atoms with van der Waals surface area (Å²) in [6.45, 7) is 2.39. The van der Waals surface area contributed by atoms with Crippen LogP contribution in [0.3, 0.4) is 0 Å². The molecule has 0 saturated heterocycles. The summed E-state index contributed by atoms with van der Waals surface area (Å²) in [5.74, 6) is 0.665. The van der Waals surface area contributed by atoms with Gasteiger partial charge in [-0.1, -0.05) is 0 Å². The van der Waals surface area contributed by atoms with Crippen LogP contribution in [0.15, 0.2) is 24.3 Å². The maximum atomic E-state index is 10.5. The Morgan fingerprint density at radius 1 is 1.42 bits per heavy atom. The lowest BCUT2D eigenvalue weighted by atomic mass is 10.3. The molecule has 0 unspecified atom stereocenters. The first kappa shape index (κ1) is 14.1. The Hall–Kier alpha value is -1.27. The highest BCUT2D eigenvalue weighted by atomic mass is 32.2. The Bertz CT molecular complexity index is 432. The van der Waals surface area contributed by atoms with Crippen LogP contribution < -0.4 is 10.1 Å². The number of ether oxygens (including phenoxy) is 1. The molecular weight excluding hydrogens is 264 g/mol. The van der Waals surface area contributed by atoms with Gasteiger partial charge in [0.1, 0.15) is 12.4 Å². The van der Waals surface area contributed by atoms with Crippen LogP contribution in [0.2, 0.25) is 0 Å². The van der Waals surface area contributed by atoms with Gasteiger partial charge in [0.15, 0.2) is 0 Å². The van der Waals surface area contributed by atoms with Crippen molar-refractivity contribution in [3.05, 3.63) is 34.4 Å². The van der Waals surface area contributed by atoms with Gasteiger partial charge in [-0.25, -0.2) is 0 Å². The molecule has 5 nitrogen and oxygen atoms in total. The second-order valence-electron chi connectivity index (χ2n) is 4.66. The van der Waals surface area contributed by atoms with Crippen LogP contribution in [-0.4, -0.2) is 35.6 Å². The van der Waals surface area contributed by atoms with E-state index in [1.807, 2.05) is 11.8 Å². The van der Waals surface area contributed by atoms with Gasteiger partial charge in [0.2, 0.25) is 0 Å². The predicted octanol–water partition coefficient (Wildman–Crippen LogP) is 2.46. The van der Waals surface area contributed by atoms with E-state index in [0.717, 1.165) is 13.1 Å². The lowest BCUT2D eigenvalue weighted by molar-refractivity contribution is -0.384. The van der Waals surface area contributed by atoms with E-state index in [4.69, 9.17) is 4.74 Å². The molecule has 0 heterocycles. The standard InChI is InChI=1S/C13H18N2O3S/c1-19-13(6-7-13)10-14-8-9-18-12-4-2-11(3-5-12)15(16)17/h2-5,14H,6-10H2,1H3. The molecular formula is C13H18N2O3S. The smallest absolute Gasteiger partial charge is 0.269 e. The summed E-state index contributed by atoms with van der Waals surface area (Å²) in [5, 5.41) is 13.9. The highest BCUT2D eigenvalue weighted by Crippen LogP contribution is 2.46. The molecule has 2 rings (SSSR count). The molecule has 1 aliphatic carbocycles. The quantitative estimate of drug-likeness (QED) is 0.451. The monoisotopic (exact) mass is 282 g/mol. The van der Waals surface area contributed by atoms with Gasteiger partial charge in [-0.3, -0.25) is 10.1 Å². The fraction of sp³-hybridized carbons (Fsp3) is 0.538. The average Bonchev–Trinajstić information content (AvgIpc) is 3.19. The zero-order valence-electron chi connectivity index (χ0n) is 10.9. The van der Waals surface area contributed by atoms with E-state index in [-0.39, 0.29) is 5.69 Å². The number of nitro benzene ring substituents is 1. The van der Waals surface area contributed by atoms with Gasteiger partial charge in [-0.05, 0) is 31.2 Å². The zero-order chi connectivity index (χ0) is 13.7. The average molecular weight is 282 g/mol. The van der Waals surface area contributed by atoms with E-state index in [9.17, 15) is 10.1 Å². The fourth-order valence-corrected chi connectivity index (χ4v) is 2.57. The lowest BCUT2D eigenvalue weighted by Crippen LogP contribution is -2.29. The molecule has 1 aromatic rings. The molecule has 6 heteroatoms. The van der Waals surface area contributed by atoms with Crippen molar-refractivity contribution in [3.63, 3.8) is 0 Å². The van der Waals surface area contributed by atoms with Crippen LogP contribution >= 0.6 is 11.8 Å². The number of benzene rings is 1. The zero-order valence-corrected chi connectivity index (χ0v) is 11.7. The number of nitrogens with zero attached hydrogens (tertiary/aromatic N) is 1. The Morgan fingerprint density at radius 2 is 2.11 bits per heavy atom. The van der Waals surface area contributed by atoms with Crippen molar-refractivity contribution in [1.29, 1.82) is 0 Å². The van der Waals surface area contributed by atoms with Crippen molar-refractivity contribution in [1.82, 2.24) is 5.32 Å². The molecule has 19 heavy (non-hydrogen) atoms. The van der Waals surface area contributed by atoms with E-state index < -0.39 is 4.92 Å². The Kier molecular flexibility index (Phi) is 4.66. The number of nitrogens with one attached hydrogen (secondary N) is 1. The first-order chi connectivity index (χ1) is 9.15. The molecule has 0 spiro atoms. The van der Waals surface area contributed by atoms with Gasteiger partial charge in [0.05, 0.1) is 4.92 Å². The molecule has 0 aliphatic heterocycles. The molecule has 0 aromatic heterocycles. The summed E-state index contributed by atoms with van der Waals surface area (Å²) < 4.78 is 5.98. The second-order valence-corrected chi connectivity index (χ2v) is 5.94. The van der Waals surface area contributed by atoms with E-state index in [1.54, 1.807) is 12.1 Å². The van der Waals surface area contributed by atoms with Gasteiger partial charge in [-0.2, -0.15) is 11.8 Å². The molecule has 104 valence electrons. The maximum Gasteiger partial charge on any atom is 0.269 e. The van der Waals surface area contributed by atoms with Crippen LogP contribution in [0.5, 0.6) is 5.75 Å². The lowest BCUT2D eigenvalue weighted by Gasteiger charge is -2.13. The molecule has 0 amide bonds. The predicted molar refractivity (Wildman–Crippen MR) is 76.9 cm³/mol. The second kappa shape index (κ2) is 6.25. The molecule has 1 fully saturated rings. The number of hydrogen-bond donors (Lipinski definition) is 1. The summed E-state index contributed by atoms with van der Waals surface area (Å²) in [6.07, 6.45) is 4.75. The summed E-state index contributed by atoms with van der Waals surface area (Å²) in [5.41, 5.74) is 0.0844. The van der Waals surface area contributed by atoms with Crippen molar-refractivity contribution in [3.8, 4) is 5.75 Å². The van der Waals surface area contributed by atoms with E-state index in [2.05, 4.69) is 11.6 Å². The number of thioether (sulfide) groups is 1. The first-order valence-electron chi connectivity index (χ1n) is 6.28. The minimum atomic E-state index is -0.414. The SMILES string of the molecule is CSC1(CNCCOc2ccc([N+](=O)[O-])cc2)CC1. The van der Waals surface area contributed by atoms with Crippen LogP contribution in [0.1, 0.15) is 12.8 Å². The number of rotatable bonds is 8. The highest BCUT2D eigenvalue weighted by molar-refractivity contribution is 8.00. The minimum Gasteiger partial charge on any atom is -0.492 e. The maximum absolute atomic E-state index is 10.5. The third-order valence-electron chi connectivity index (χ3n) is 3.28. The van der Waals surface area contributed by atoms with Gasteiger partial charge in [-0.15, -0.1) is 0 Å². The first-order valence-corrected chi connectivity index (χ1v) is 7.51. The Morgan fingerprint density at radius 3 is 2.63 bits per heavy atom. The van der Waals surface area contributed by atoms with Crippen molar-refractivity contribution in [2.45, 2.75) is 17.6 Å². The summed E-state index contributed by atoms with van der Waals surface area (Å²) in [6, 6.07) is 6.16. The fourth-order valence-electron chi connectivity index (χ4n) is 1.81. The summed E-state index contributed by atoms with van der Waals surface area (Å²) in [4.78, 5) is 10.1. The van der Waals surface area contributed by atoms with Gasteiger partial charge in [0.25, 0.3) is 5.69 Å². The highest BCUT2D eigenvalue weighted by Gasteiger charge is 2.41. The van der Waals surface area contributed by atoms with E-state index in [0.29, 0.717) is 17.1 Å². The van der Waals surface area contributed by atoms with Crippen LogP contribution in [-0.2, 0) is 0 Å². The number of non-ortho nitro benzene ring substituents is 1. The molecule has 1 saturated carbocycles. The third kappa shape index (κ3) is 4.11. The van der Waals surface area contributed by atoms with Crippen molar-refractivity contribution < 1.29 is 9.66 Å². The molecule has 1 aromatic carbocycles. The van der Waals surface area contributed by atoms with Gasteiger partial charge >= 0.3 is 0 Å². The van der Waals surface area contributed by atoms with Crippen molar-refractivity contribution in [2.75, 3.05) is 26.0 Å². The molecule has 0 atom stereocenters. The molecule has 1 N–H and O–H groups in total. The molecule has 0 radical (unpaired) electrons. The van der Waals surface area contributed by atoms with E-state index >= 15 is 0 Å². The topological polar surface area (TPSA) is 64.4 Å². The van der Waals surface area contributed by atoms with Crippen molar-refractivity contribution in [2.24, 2.45) is 0 Å². The van der Waals surface area contributed by atoms with Gasteiger partial charge in [0, 0.05) is 30.0 Å². The molecule has 1 aliphatic rings. The Labute approximate surface area is 116 Å². The largest absolute Gasteiger partial charge is 0.492 e. The minimum absolute atomic E-state index is 0.0844.